The number of hydrogen-bond donors (Lipinski definition) is 2. The Hall–Kier alpha value is -2.91. The van der Waals surface area contributed by atoms with Crippen LogP contribution in [0.25, 0.3) is 0 Å². The van der Waals surface area contributed by atoms with Gasteiger partial charge in [-0.05, 0) is 55.3 Å². The fraction of sp³-hybridized carbons (Fsp3) is 0.300. The van der Waals surface area contributed by atoms with Gasteiger partial charge in [-0.3, -0.25) is 4.79 Å². The summed E-state index contributed by atoms with van der Waals surface area (Å²) in [5.74, 6) is -0.124. The van der Waals surface area contributed by atoms with Gasteiger partial charge in [-0.2, -0.15) is 0 Å². The van der Waals surface area contributed by atoms with Gasteiger partial charge >= 0.3 is 6.16 Å². The number of benzene rings is 2. The Labute approximate surface area is 170 Å². The number of carbonyl (C=O) groups excluding carboxylic acids is 2. The van der Waals surface area contributed by atoms with Crippen LogP contribution < -0.4 is 14.8 Å². The van der Waals surface area contributed by atoms with Crippen molar-refractivity contribution < 1.29 is 27.5 Å². The minimum Gasteiger partial charge on any atom is -0.434 e. The van der Waals surface area contributed by atoms with Crippen LogP contribution in [-0.4, -0.2) is 40.2 Å². The third-order valence-electron chi connectivity index (χ3n) is 3.92. The van der Waals surface area contributed by atoms with Gasteiger partial charge in [0.2, 0.25) is 10.0 Å². The summed E-state index contributed by atoms with van der Waals surface area (Å²) in [6.45, 7) is 4.02. The number of aryl methyl sites for hydroxylation is 1. The van der Waals surface area contributed by atoms with Gasteiger partial charge < -0.3 is 14.8 Å². The highest BCUT2D eigenvalue weighted by Crippen LogP contribution is 2.13. The topological polar surface area (TPSA) is 111 Å². The van der Waals surface area contributed by atoms with E-state index in [9.17, 15) is 18.0 Å². The largest absolute Gasteiger partial charge is 0.513 e. The second kappa shape index (κ2) is 10.6. The monoisotopic (exact) mass is 420 g/mol. The van der Waals surface area contributed by atoms with Crippen molar-refractivity contribution in [1.82, 2.24) is 10.0 Å². The molecule has 2 aromatic carbocycles. The molecule has 0 saturated heterocycles. The first-order valence-corrected chi connectivity index (χ1v) is 10.7. The summed E-state index contributed by atoms with van der Waals surface area (Å²) in [5.41, 5.74) is 1.40. The number of hydrogen-bond acceptors (Lipinski definition) is 6. The molecule has 0 heterocycles. The molecule has 1 amide bonds. The summed E-state index contributed by atoms with van der Waals surface area (Å²) < 4.78 is 36.5. The molecule has 29 heavy (non-hydrogen) atoms. The molecule has 0 aliphatic carbocycles. The Morgan fingerprint density at radius 2 is 1.59 bits per heavy atom. The molecule has 156 valence electrons. The number of amides is 1. The zero-order valence-corrected chi connectivity index (χ0v) is 17.1. The molecule has 0 atom stereocenters. The van der Waals surface area contributed by atoms with Crippen molar-refractivity contribution in [3.05, 3.63) is 59.7 Å². The standard InChI is InChI=1S/C20H24N2O6S/c1-3-15-5-11-18(12-6-15)29(25,26)22-14-13-21-19(23)16-7-9-17(10-8-16)28-20(24)27-4-2/h5-12,22H,3-4,13-14H2,1-2H3,(H,21,23). The van der Waals surface area contributed by atoms with Crippen molar-refractivity contribution in [2.75, 3.05) is 19.7 Å². The minimum absolute atomic E-state index is 0.0493. The van der Waals surface area contributed by atoms with Crippen molar-refractivity contribution in [2.45, 2.75) is 25.2 Å². The van der Waals surface area contributed by atoms with E-state index in [4.69, 9.17) is 4.74 Å². The number of rotatable bonds is 9. The molecular formula is C20H24N2O6S. The molecule has 0 radical (unpaired) electrons. The molecule has 0 spiro atoms. The summed E-state index contributed by atoms with van der Waals surface area (Å²) in [5, 5.41) is 2.62. The molecule has 0 aliphatic heterocycles. The number of carbonyl (C=O) groups is 2. The molecule has 2 aromatic rings. The molecule has 0 unspecified atom stereocenters. The second-order valence-corrected chi connectivity index (χ2v) is 7.73. The minimum atomic E-state index is -3.63. The molecule has 0 aromatic heterocycles. The molecule has 0 bridgehead atoms. The van der Waals surface area contributed by atoms with E-state index in [1.165, 1.54) is 24.3 Å². The lowest BCUT2D eigenvalue weighted by Crippen LogP contribution is -2.34. The molecule has 2 N–H and O–H groups in total. The average Bonchev–Trinajstić information content (AvgIpc) is 2.72. The maximum Gasteiger partial charge on any atom is 0.513 e. The molecule has 2 rings (SSSR count). The predicted molar refractivity (Wildman–Crippen MR) is 107 cm³/mol. The van der Waals surface area contributed by atoms with Crippen molar-refractivity contribution in [3.8, 4) is 5.75 Å². The number of nitrogens with one attached hydrogen (secondary N) is 2. The van der Waals surface area contributed by atoms with Crippen LogP contribution in [0.15, 0.2) is 53.4 Å². The summed E-state index contributed by atoms with van der Waals surface area (Å²) in [4.78, 5) is 23.5. The van der Waals surface area contributed by atoms with Gasteiger partial charge in [0.25, 0.3) is 5.91 Å². The van der Waals surface area contributed by atoms with Gasteiger partial charge in [-0.1, -0.05) is 19.1 Å². The fourth-order valence-electron chi connectivity index (χ4n) is 2.37. The maximum atomic E-state index is 12.2. The van der Waals surface area contributed by atoms with Crippen LogP contribution in [0, 0.1) is 0 Å². The Kier molecular flexibility index (Phi) is 8.17. The summed E-state index contributed by atoms with van der Waals surface area (Å²) in [6.07, 6.45) is 0.0109. The quantitative estimate of drug-likeness (QED) is 0.366. The molecular weight excluding hydrogens is 396 g/mol. The van der Waals surface area contributed by atoms with Crippen molar-refractivity contribution >= 4 is 22.1 Å². The Morgan fingerprint density at radius 3 is 2.17 bits per heavy atom. The van der Waals surface area contributed by atoms with Crippen molar-refractivity contribution in [1.29, 1.82) is 0 Å². The maximum absolute atomic E-state index is 12.2. The molecule has 0 saturated carbocycles. The van der Waals surface area contributed by atoms with Crippen LogP contribution in [0.3, 0.4) is 0 Å². The normalized spacial score (nSPS) is 11.0. The van der Waals surface area contributed by atoms with E-state index in [0.717, 1.165) is 12.0 Å². The molecule has 0 aliphatic rings. The lowest BCUT2D eigenvalue weighted by Gasteiger charge is -2.09. The van der Waals surface area contributed by atoms with E-state index >= 15 is 0 Å². The lowest BCUT2D eigenvalue weighted by atomic mass is 10.2. The zero-order valence-electron chi connectivity index (χ0n) is 16.3. The number of ether oxygens (including phenoxy) is 2. The zero-order chi connectivity index (χ0) is 21.3. The summed E-state index contributed by atoms with van der Waals surface area (Å²) in [7, 11) is -3.63. The summed E-state index contributed by atoms with van der Waals surface area (Å²) in [6, 6.07) is 12.6. The lowest BCUT2D eigenvalue weighted by molar-refractivity contribution is 0.0954. The first-order valence-electron chi connectivity index (χ1n) is 9.17. The highest BCUT2D eigenvalue weighted by atomic mass is 32.2. The van der Waals surface area contributed by atoms with Crippen molar-refractivity contribution in [2.24, 2.45) is 0 Å². The third kappa shape index (κ3) is 6.88. The van der Waals surface area contributed by atoms with E-state index in [-0.39, 0.29) is 36.2 Å². The Balaban J connectivity index is 1.80. The van der Waals surface area contributed by atoms with Gasteiger partial charge in [0.05, 0.1) is 11.5 Å². The van der Waals surface area contributed by atoms with Crippen molar-refractivity contribution in [3.63, 3.8) is 0 Å². The van der Waals surface area contributed by atoms with E-state index in [1.807, 2.05) is 6.92 Å². The molecule has 0 fully saturated rings. The van der Waals surface area contributed by atoms with E-state index < -0.39 is 16.2 Å². The van der Waals surface area contributed by atoms with Crippen LogP contribution in [0.1, 0.15) is 29.8 Å². The Morgan fingerprint density at radius 1 is 0.931 bits per heavy atom. The van der Waals surface area contributed by atoms with Gasteiger partial charge in [0.15, 0.2) is 0 Å². The summed E-state index contributed by atoms with van der Waals surface area (Å²) >= 11 is 0. The average molecular weight is 420 g/mol. The molecule has 8 nitrogen and oxygen atoms in total. The number of sulfonamides is 1. The van der Waals surface area contributed by atoms with Crippen LogP contribution in [0.4, 0.5) is 4.79 Å². The van der Waals surface area contributed by atoms with Gasteiger partial charge in [0.1, 0.15) is 5.75 Å². The fourth-order valence-corrected chi connectivity index (χ4v) is 3.40. The highest BCUT2D eigenvalue weighted by Gasteiger charge is 2.13. The second-order valence-electron chi connectivity index (χ2n) is 5.96. The first kappa shape index (κ1) is 22.4. The van der Waals surface area contributed by atoms with Crippen LogP contribution in [0.2, 0.25) is 0 Å². The van der Waals surface area contributed by atoms with Gasteiger partial charge in [-0.25, -0.2) is 17.9 Å². The smallest absolute Gasteiger partial charge is 0.434 e. The third-order valence-corrected chi connectivity index (χ3v) is 5.40. The van der Waals surface area contributed by atoms with E-state index in [0.29, 0.717) is 5.56 Å². The highest BCUT2D eigenvalue weighted by molar-refractivity contribution is 7.89. The Bertz CT molecular complexity index is 924. The van der Waals surface area contributed by atoms with Crippen LogP contribution in [-0.2, 0) is 21.2 Å². The first-order chi connectivity index (χ1) is 13.9. The molecule has 9 heteroatoms. The van der Waals surface area contributed by atoms with Gasteiger partial charge in [0, 0.05) is 18.7 Å². The van der Waals surface area contributed by atoms with Crippen LogP contribution >= 0.6 is 0 Å². The van der Waals surface area contributed by atoms with E-state index in [1.54, 1.807) is 31.2 Å². The van der Waals surface area contributed by atoms with Crippen LogP contribution in [0.5, 0.6) is 5.75 Å². The SMILES string of the molecule is CCOC(=O)Oc1ccc(C(=O)NCCNS(=O)(=O)c2ccc(CC)cc2)cc1. The van der Waals surface area contributed by atoms with Gasteiger partial charge in [-0.15, -0.1) is 0 Å². The predicted octanol–water partition coefficient (Wildman–Crippen LogP) is 2.49. The van der Waals surface area contributed by atoms with E-state index in [2.05, 4.69) is 14.8 Å².